The van der Waals surface area contributed by atoms with Crippen molar-refractivity contribution < 1.29 is 24.2 Å². The molecule has 1 aromatic heterocycles. The Morgan fingerprint density at radius 3 is 2.47 bits per heavy atom. The van der Waals surface area contributed by atoms with E-state index in [0.29, 0.717) is 35.1 Å². The van der Waals surface area contributed by atoms with E-state index < -0.39 is 17.7 Å². The van der Waals surface area contributed by atoms with Gasteiger partial charge in [-0.3, -0.25) is 14.5 Å². The quantitative estimate of drug-likeness (QED) is 0.360. The second-order valence-electron chi connectivity index (χ2n) is 7.09. The fourth-order valence-electron chi connectivity index (χ4n) is 3.72. The van der Waals surface area contributed by atoms with Crippen molar-refractivity contribution in [2.24, 2.45) is 0 Å². The first-order valence-corrected chi connectivity index (χ1v) is 10.1. The third-order valence-electron chi connectivity index (χ3n) is 5.19. The Morgan fingerprint density at radius 2 is 1.81 bits per heavy atom. The fraction of sp³-hybridized carbons (Fsp3) is 0.160. The first-order chi connectivity index (χ1) is 15.5. The minimum absolute atomic E-state index is 0.0157. The molecule has 2 aromatic carbocycles. The zero-order chi connectivity index (χ0) is 22.7. The van der Waals surface area contributed by atoms with Gasteiger partial charge in [0, 0.05) is 11.8 Å². The van der Waals surface area contributed by atoms with E-state index in [4.69, 9.17) is 9.47 Å². The Labute approximate surface area is 185 Å². The lowest BCUT2D eigenvalue weighted by atomic mass is 9.95. The molecule has 32 heavy (non-hydrogen) atoms. The monoisotopic (exact) mass is 430 g/mol. The number of methoxy groups -OCH3 is 1. The fourth-order valence-corrected chi connectivity index (χ4v) is 3.72. The van der Waals surface area contributed by atoms with Gasteiger partial charge in [0.25, 0.3) is 5.78 Å². The summed E-state index contributed by atoms with van der Waals surface area (Å²) in [5.74, 6) is -0.316. The van der Waals surface area contributed by atoms with Crippen molar-refractivity contribution in [3.63, 3.8) is 0 Å². The summed E-state index contributed by atoms with van der Waals surface area (Å²) in [6, 6.07) is 18.0. The van der Waals surface area contributed by atoms with Gasteiger partial charge in [0.15, 0.2) is 0 Å². The van der Waals surface area contributed by atoms with Gasteiger partial charge >= 0.3 is 5.91 Å². The number of pyridine rings is 1. The average molecular weight is 430 g/mol. The zero-order valence-electron chi connectivity index (χ0n) is 17.7. The van der Waals surface area contributed by atoms with Crippen LogP contribution in [0.15, 0.2) is 78.5 Å². The third kappa shape index (κ3) is 3.80. The highest BCUT2D eigenvalue weighted by atomic mass is 16.5. The van der Waals surface area contributed by atoms with Gasteiger partial charge in [0.2, 0.25) is 0 Å². The standard InChI is InChI=1S/C25H22N2O5/c1-3-32-18-12-10-16(11-13-18)22-21(23(28)17-7-6-8-19(15-17)31-2)24(29)25(30)27(22)20-9-4-5-14-26-20/h4-15,22,28H,3H2,1-2H3/t22-/m1/s1. The largest absolute Gasteiger partial charge is 0.507 e. The summed E-state index contributed by atoms with van der Waals surface area (Å²) in [7, 11) is 1.51. The van der Waals surface area contributed by atoms with Crippen LogP contribution in [-0.2, 0) is 9.59 Å². The van der Waals surface area contributed by atoms with Crippen molar-refractivity contribution >= 4 is 23.3 Å². The summed E-state index contributed by atoms with van der Waals surface area (Å²) >= 11 is 0. The number of anilines is 1. The minimum atomic E-state index is -0.855. The molecule has 0 bridgehead atoms. The van der Waals surface area contributed by atoms with Gasteiger partial charge < -0.3 is 14.6 Å². The number of aromatic nitrogens is 1. The maximum absolute atomic E-state index is 13.1. The Kier molecular flexibility index (Phi) is 5.89. The molecule has 0 radical (unpaired) electrons. The smallest absolute Gasteiger partial charge is 0.301 e. The Balaban J connectivity index is 1.90. The molecule has 162 valence electrons. The third-order valence-corrected chi connectivity index (χ3v) is 5.19. The highest BCUT2D eigenvalue weighted by molar-refractivity contribution is 6.51. The summed E-state index contributed by atoms with van der Waals surface area (Å²) in [5, 5.41) is 11.1. The maximum Gasteiger partial charge on any atom is 0.301 e. The number of ether oxygens (including phenoxy) is 2. The van der Waals surface area contributed by atoms with Crippen molar-refractivity contribution in [3.8, 4) is 11.5 Å². The van der Waals surface area contributed by atoms with Crippen molar-refractivity contribution in [2.75, 3.05) is 18.6 Å². The first kappa shape index (κ1) is 21.1. The van der Waals surface area contributed by atoms with Gasteiger partial charge in [0.05, 0.1) is 25.3 Å². The van der Waals surface area contributed by atoms with E-state index in [-0.39, 0.29) is 11.3 Å². The van der Waals surface area contributed by atoms with Crippen LogP contribution in [0.3, 0.4) is 0 Å². The number of aliphatic hydroxyl groups is 1. The molecule has 0 unspecified atom stereocenters. The number of carbonyl (C=O) groups is 2. The number of rotatable bonds is 6. The molecular formula is C25H22N2O5. The molecule has 1 N–H and O–H groups in total. The molecule has 0 spiro atoms. The van der Waals surface area contributed by atoms with Gasteiger partial charge in [-0.05, 0) is 48.9 Å². The molecule has 7 nitrogen and oxygen atoms in total. The molecule has 1 saturated heterocycles. The number of benzene rings is 2. The van der Waals surface area contributed by atoms with Crippen LogP contribution >= 0.6 is 0 Å². The average Bonchev–Trinajstić information content (AvgIpc) is 3.10. The number of amides is 1. The molecule has 0 aliphatic carbocycles. The molecule has 1 fully saturated rings. The molecule has 1 amide bonds. The van der Waals surface area contributed by atoms with E-state index >= 15 is 0 Å². The van der Waals surface area contributed by atoms with Gasteiger partial charge in [-0.1, -0.05) is 30.3 Å². The lowest BCUT2D eigenvalue weighted by Gasteiger charge is -2.24. The second kappa shape index (κ2) is 8.93. The summed E-state index contributed by atoms with van der Waals surface area (Å²) in [4.78, 5) is 31.8. The van der Waals surface area contributed by atoms with Crippen LogP contribution in [0.2, 0.25) is 0 Å². The molecular weight excluding hydrogens is 408 g/mol. The van der Waals surface area contributed by atoms with E-state index in [2.05, 4.69) is 4.98 Å². The summed E-state index contributed by atoms with van der Waals surface area (Å²) in [6.07, 6.45) is 1.55. The SMILES string of the molecule is CCOc1ccc([C@@H]2C(=C(O)c3cccc(OC)c3)C(=O)C(=O)N2c2ccccn2)cc1. The molecule has 1 aliphatic rings. The Bertz CT molecular complexity index is 1170. The van der Waals surface area contributed by atoms with Crippen molar-refractivity contribution in [1.82, 2.24) is 4.98 Å². The van der Waals surface area contributed by atoms with Crippen LogP contribution in [0.4, 0.5) is 5.82 Å². The summed E-state index contributed by atoms with van der Waals surface area (Å²) in [5.41, 5.74) is 1.00. The van der Waals surface area contributed by atoms with Crippen LogP contribution in [-0.4, -0.2) is 35.5 Å². The van der Waals surface area contributed by atoms with Crippen LogP contribution in [0, 0.1) is 0 Å². The van der Waals surface area contributed by atoms with Crippen molar-refractivity contribution in [1.29, 1.82) is 0 Å². The Hall–Kier alpha value is -4.13. The molecule has 3 aromatic rings. The molecule has 4 rings (SSSR count). The van der Waals surface area contributed by atoms with Crippen LogP contribution < -0.4 is 14.4 Å². The van der Waals surface area contributed by atoms with Crippen LogP contribution in [0.5, 0.6) is 11.5 Å². The number of ketones is 1. The van der Waals surface area contributed by atoms with Crippen LogP contribution in [0.25, 0.3) is 5.76 Å². The second-order valence-corrected chi connectivity index (χ2v) is 7.09. The van der Waals surface area contributed by atoms with E-state index in [1.165, 1.54) is 12.0 Å². The number of aliphatic hydroxyl groups excluding tert-OH is 1. The predicted octanol–water partition coefficient (Wildman–Crippen LogP) is 4.12. The topological polar surface area (TPSA) is 89.0 Å². The maximum atomic E-state index is 13.1. The van der Waals surface area contributed by atoms with E-state index in [9.17, 15) is 14.7 Å². The normalized spacial score (nSPS) is 17.4. The van der Waals surface area contributed by atoms with E-state index in [1.54, 1.807) is 72.9 Å². The number of Topliss-reactive ketones (excluding diaryl/α,β-unsaturated/α-hetero) is 1. The lowest BCUT2D eigenvalue weighted by molar-refractivity contribution is -0.132. The molecule has 7 heteroatoms. The molecule has 2 heterocycles. The molecule has 1 atom stereocenters. The van der Waals surface area contributed by atoms with Gasteiger partial charge in [0.1, 0.15) is 23.1 Å². The number of hydrogen-bond acceptors (Lipinski definition) is 6. The highest BCUT2D eigenvalue weighted by Crippen LogP contribution is 2.42. The van der Waals surface area contributed by atoms with E-state index in [1.807, 2.05) is 6.92 Å². The van der Waals surface area contributed by atoms with Crippen molar-refractivity contribution in [2.45, 2.75) is 13.0 Å². The van der Waals surface area contributed by atoms with Gasteiger partial charge in [-0.2, -0.15) is 0 Å². The van der Waals surface area contributed by atoms with E-state index in [0.717, 1.165) is 0 Å². The van der Waals surface area contributed by atoms with Gasteiger partial charge in [-0.15, -0.1) is 0 Å². The lowest BCUT2D eigenvalue weighted by Crippen LogP contribution is -2.30. The molecule has 0 saturated carbocycles. The number of nitrogens with zero attached hydrogens (tertiary/aromatic N) is 2. The highest BCUT2D eigenvalue weighted by Gasteiger charge is 2.47. The minimum Gasteiger partial charge on any atom is -0.507 e. The van der Waals surface area contributed by atoms with Gasteiger partial charge in [-0.25, -0.2) is 4.98 Å². The first-order valence-electron chi connectivity index (χ1n) is 10.1. The zero-order valence-corrected chi connectivity index (χ0v) is 17.7. The predicted molar refractivity (Wildman–Crippen MR) is 120 cm³/mol. The number of hydrogen-bond donors (Lipinski definition) is 1. The molecule has 1 aliphatic heterocycles. The number of carbonyl (C=O) groups excluding carboxylic acids is 2. The van der Waals surface area contributed by atoms with Crippen molar-refractivity contribution in [3.05, 3.63) is 89.6 Å². The van der Waals surface area contributed by atoms with Crippen LogP contribution in [0.1, 0.15) is 24.1 Å². The Morgan fingerprint density at radius 1 is 1.03 bits per heavy atom. The summed E-state index contributed by atoms with van der Waals surface area (Å²) < 4.78 is 10.7. The summed E-state index contributed by atoms with van der Waals surface area (Å²) in [6.45, 7) is 2.40.